The van der Waals surface area contributed by atoms with E-state index in [9.17, 15) is 9.32 Å². The highest BCUT2D eigenvalue weighted by molar-refractivity contribution is 7.86. The van der Waals surface area contributed by atoms with Gasteiger partial charge in [-0.25, -0.2) is 4.98 Å². The summed E-state index contributed by atoms with van der Waals surface area (Å²) in [7, 11) is -0.780. The van der Waals surface area contributed by atoms with Gasteiger partial charge in [0.2, 0.25) is 0 Å². The average Bonchev–Trinajstić information content (AvgIpc) is 2.85. The fraction of sp³-hybridized carbons (Fsp3) is 0.611. The number of hydrogen-bond donors (Lipinski definition) is 1. The normalized spacial score (nSPS) is 22.8. The molecule has 1 aromatic carbocycles. The monoisotopic (exact) mass is 349 g/mol. The summed E-state index contributed by atoms with van der Waals surface area (Å²) in [5.41, 5.74) is 4.51. The molecule has 24 heavy (non-hydrogen) atoms. The van der Waals surface area contributed by atoms with Crippen LogP contribution in [0.5, 0.6) is 0 Å². The fourth-order valence-corrected chi connectivity index (χ4v) is 4.68. The van der Waals surface area contributed by atoms with Gasteiger partial charge in [-0.15, -0.1) is 0 Å². The van der Waals surface area contributed by atoms with Gasteiger partial charge in [0, 0.05) is 36.2 Å². The number of hydrogen-bond acceptors (Lipinski definition) is 4. The maximum absolute atomic E-state index is 12.0. The zero-order valence-corrected chi connectivity index (χ0v) is 15.8. The first kappa shape index (κ1) is 17.6. The molecule has 2 heterocycles. The molecule has 1 aromatic heterocycles. The van der Waals surface area contributed by atoms with Crippen molar-refractivity contribution in [2.45, 2.75) is 45.1 Å². The number of nitrogens with zero attached hydrogens (tertiary/aromatic N) is 3. The fourth-order valence-electron chi connectivity index (χ4n) is 3.38. The van der Waals surface area contributed by atoms with Gasteiger partial charge in [0.05, 0.1) is 34.8 Å². The van der Waals surface area contributed by atoms with Gasteiger partial charge in [0.1, 0.15) is 0 Å². The lowest BCUT2D eigenvalue weighted by Crippen LogP contribution is -2.52. The maximum atomic E-state index is 12.0. The second-order valence-electron chi connectivity index (χ2n) is 7.52. The van der Waals surface area contributed by atoms with Gasteiger partial charge in [-0.1, -0.05) is 0 Å². The molecule has 0 amide bonds. The Morgan fingerprint density at radius 3 is 2.71 bits per heavy atom. The van der Waals surface area contributed by atoms with Crippen molar-refractivity contribution in [2.75, 3.05) is 25.4 Å². The summed E-state index contributed by atoms with van der Waals surface area (Å²) >= 11 is 0. The Morgan fingerprint density at radius 1 is 1.29 bits per heavy atom. The molecule has 1 saturated heterocycles. The lowest BCUT2D eigenvalue weighted by molar-refractivity contribution is 0.0957. The minimum atomic E-state index is -0.780. The summed E-state index contributed by atoms with van der Waals surface area (Å²) in [6, 6.07) is 4.23. The molecular weight excluding hydrogens is 322 g/mol. The highest BCUT2D eigenvalue weighted by Gasteiger charge is 2.33. The number of aryl methyl sites for hydroxylation is 2. The van der Waals surface area contributed by atoms with E-state index in [2.05, 4.69) is 35.9 Å². The van der Waals surface area contributed by atoms with Crippen LogP contribution in [0, 0.1) is 13.8 Å². The molecule has 3 rings (SSSR count). The van der Waals surface area contributed by atoms with E-state index in [1.807, 2.05) is 24.7 Å². The van der Waals surface area contributed by atoms with E-state index >= 15 is 0 Å². The number of fused-ring (bicyclic) bond motifs is 1. The van der Waals surface area contributed by atoms with E-state index in [1.54, 1.807) is 0 Å². The molecule has 2 atom stereocenters. The smallest absolute Gasteiger partial charge is 0.0959 e. The van der Waals surface area contributed by atoms with Crippen LogP contribution in [0.1, 0.15) is 25.0 Å². The Kier molecular flexibility index (Phi) is 4.82. The molecule has 2 aromatic rings. The summed E-state index contributed by atoms with van der Waals surface area (Å²) in [5.74, 6) is 0.687. The Hall–Kier alpha value is -1.24. The van der Waals surface area contributed by atoms with Crippen LogP contribution in [0.15, 0.2) is 18.5 Å². The van der Waals surface area contributed by atoms with Crippen molar-refractivity contribution in [2.24, 2.45) is 0 Å². The first-order valence-electron chi connectivity index (χ1n) is 8.47. The molecule has 1 aliphatic rings. The first-order valence-corrected chi connectivity index (χ1v) is 9.79. The third kappa shape index (κ3) is 3.55. The predicted octanol–water partition coefficient (Wildman–Crippen LogP) is 1.86. The van der Waals surface area contributed by atoms with Crippen LogP contribution < -0.4 is 0 Å². The van der Waals surface area contributed by atoms with Gasteiger partial charge in [0.15, 0.2) is 0 Å². The molecule has 0 spiro atoms. The number of aliphatic hydroxyl groups excluding tert-OH is 1. The van der Waals surface area contributed by atoms with Crippen molar-refractivity contribution in [3.8, 4) is 0 Å². The summed E-state index contributed by atoms with van der Waals surface area (Å²) < 4.78 is 13.8. The number of imidazole rings is 1. The van der Waals surface area contributed by atoms with E-state index in [1.165, 1.54) is 11.1 Å². The zero-order valence-electron chi connectivity index (χ0n) is 15.0. The highest BCUT2D eigenvalue weighted by atomic mass is 32.2. The minimum Gasteiger partial charge on any atom is -0.390 e. The zero-order chi connectivity index (χ0) is 17.5. The number of aromatic nitrogens is 2. The van der Waals surface area contributed by atoms with E-state index in [0.717, 1.165) is 24.1 Å². The molecule has 0 bridgehead atoms. The lowest BCUT2D eigenvalue weighted by Gasteiger charge is -2.38. The van der Waals surface area contributed by atoms with Gasteiger partial charge >= 0.3 is 0 Å². The first-order chi connectivity index (χ1) is 11.3. The number of benzene rings is 1. The van der Waals surface area contributed by atoms with Gasteiger partial charge in [-0.3, -0.25) is 9.11 Å². The van der Waals surface area contributed by atoms with Crippen molar-refractivity contribution in [3.63, 3.8) is 0 Å². The molecule has 1 fully saturated rings. The second kappa shape index (κ2) is 6.58. The Bertz CT molecular complexity index is 769. The van der Waals surface area contributed by atoms with E-state index < -0.39 is 16.9 Å². The number of aliphatic hydroxyl groups is 1. The van der Waals surface area contributed by atoms with Crippen LogP contribution in [0.4, 0.5) is 0 Å². The largest absolute Gasteiger partial charge is 0.390 e. The summed E-state index contributed by atoms with van der Waals surface area (Å²) in [6.07, 6.45) is 1.34. The van der Waals surface area contributed by atoms with Crippen LogP contribution >= 0.6 is 0 Å². The lowest BCUT2D eigenvalue weighted by atomic mass is 10.1. The summed E-state index contributed by atoms with van der Waals surface area (Å²) in [5, 5.41) is 10.5. The molecule has 2 unspecified atom stereocenters. The average molecular weight is 350 g/mol. The molecule has 6 heteroatoms. The van der Waals surface area contributed by atoms with Crippen LogP contribution in [0.3, 0.4) is 0 Å². The quantitative estimate of drug-likeness (QED) is 0.915. The van der Waals surface area contributed by atoms with Crippen LogP contribution in [0.25, 0.3) is 11.0 Å². The van der Waals surface area contributed by atoms with Crippen molar-refractivity contribution in [3.05, 3.63) is 29.6 Å². The van der Waals surface area contributed by atoms with Gasteiger partial charge in [-0.05, 0) is 51.0 Å². The Balaban J connectivity index is 1.68. The Morgan fingerprint density at radius 2 is 2.00 bits per heavy atom. The van der Waals surface area contributed by atoms with E-state index in [0.29, 0.717) is 18.8 Å². The molecule has 1 aliphatic heterocycles. The van der Waals surface area contributed by atoms with Gasteiger partial charge in [0.25, 0.3) is 0 Å². The third-order valence-corrected chi connectivity index (χ3v) is 6.84. The maximum Gasteiger partial charge on any atom is 0.0959 e. The minimum absolute atomic E-state index is 0.200. The molecule has 1 N–H and O–H groups in total. The summed E-state index contributed by atoms with van der Waals surface area (Å²) in [4.78, 5) is 6.67. The highest BCUT2D eigenvalue weighted by Crippen LogP contribution is 2.21. The standard InChI is InChI=1S/C18H27N3O2S/c1-13-7-16-17(8-14(13)2)21(12-19-16)10-15(22)9-20-5-6-24(23)18(3,4)11-20/h7-8,12,15,22H,5-6,9-11H2,1-4H3. The predicted molar refractivity (Wildman–Crippen MR) is 98.7 cm³/mol. The third-order valence-electron chi connectivity index (χ3n) is 4.93. The SMILES string of the molecule is Cc1cc2ncn(CC(O)CN3CCS(=O)C(C)(C)C3)c2cc1C. The van der Waals surface area contributed by atoms with Crippen molar-refractivity contribution < 1.29 is 9.32 Å². The molecule has 132 valence electrons. The number of β-amino-alcohol motifs (C(OH)–C–C–N with tert-alkyl or cyclic N) is 1. The summed E-state index contributed by atoms with van der Waals surface area (Å²) in [6.45, 7) is 10.9. The second-order valence-corrected chi connectivity index (χ2v) is 9.72. The van der Waals surface area contributed by atoms with Gasteiger partial charge < -0.3 is 9.67 Å². The van der Waals surface area contributed by atoms with Crippen LogP contribution in [-0.2, 0) is 17.3 Å². The van der Waals surface area contributed by atoms with Crippen molar-refractivity contribution in [1.29, 1.82) is 0 Å². The van der Waals surface area contributed by atoms with E-state index in [4.69, 9.17) is 0 Å². The van der Waals surface area contributed by atoms with Crippen LogP contribution in [0.2, 0.25) is 0 Å². The van der Waals surface area contributed by atoms with Crippen molar-refractivity contribution in [1.82, 2.24) is 14.5 Å². The van der Waals surface area contributed by atoms with Crippen LogP contribution in [-0.4, -0.2) is 60.0 Å². The van der Waals surface area contributed by atoms with E-state index in [-0.39, 0.29) is 4.75 Å². The molecule has 0 saturated carbocycles. The number of rotatable bonds is 4. The molecule has 5 nitrogen and oxygen atoms in total. The molecule has 0 radical (unpaired) electrons. The van der Waals surface area contributed by atoms with Gasteiger partial charge in [-0.2, -0.15) is 0 Å². The molecule has 0 aliphatic carbocycles. The molecular formula is C18H27N3O2S. The topological polar surface area (TPSA) is 58.4 Å². The Labute approximate surface area is 146 Å². The van der Waals surface area contributed by atoms with Crippen molar-refractivity contribution >= 4 is 21.8 Å².